The molecule has 0 atom stereocenters. The molecule has 0 N–H and O–H groups in total. The van der Waals surface area contributed by atoms with Crippen molar-refractivity contribution in [2.24, 2.45) is 0 Å². The summed E-state index contributed by atoms with van der Waals surface area (Å²) in [5, 5.41) is 11.9. The monoisotopic (exact) mass is 219 g/mol. The van der Waals surface area contributed by atoms with Gasteiger partial charge in [0.05, 0.1) is 5.56 Å². The first-order valence-corrected chi connectivity index (χ1v) is 5.72. The van der Waals surface area contributed by atoms with Crippen LogP contribution in [0.15, 0.2) is 22.4 Å². The number of thiophene rings is 1. The molecule has 2 aromatic rings. The van der Waals surface area contributed by atoms with Gasteiger partial charge in [0.1, 0.15) is 6.07 Å². The summed E-state index contributed by atoms with van der Waals surface area (Å²) in [6, 6.07) is 6.24. The van der Waals surface area contributed by atoms with E-state index in [9.17, 15) is 0 Å². The van der Waals surface area contributed by atoms with Crippen molar-refractivity contribution in [2.75, 3.05) is 0 Å². The average Bonchev–Trinajstić information content (AvgIpc) is 2.59. The molecule has 0 aliphatic heterocycles. The molecule has 0 saturated heterocycles. The minimum atomic E-state index is 0.760. The van der Waals surface area contributed by atoms with Gasteiger partial charge in [-0.1, -0.05) is 6.92 Å². The van der Waals surface area contributed by atoms with Gasteiger partial charge in [-0.2, -0.15) is 5.26 Å². The van der Waals surface area contributed by atoms with Crippen LogP contribution in [0.1, 0.15) is 18.1 Å². The van der Waals surface area contributed by atoms with E-state index in [-0.39, 0.29) is 0 Å². The van der Waals surface area contributed by atoms with Crippen molar-refractivity contribution in [1.29, 1.82) is 5.26 Å². The zero-order valence-corrected chi connectivity index (χ0v) is 9.45. The van der Waals surface area contributed by atoms with Gasteiger partial charge < -0.3 is 0 Å². The molecule has 0 aliphatic carbocycles. The highest BCUT2D eigenvalue weighted by molar-refractivity contribution is 7.80. The van der Waals surface area contributed by atoms with E-state index in [0.29, 0.717) is 0 Å². The first-order valence-electron chi connectivity index (χ1n) is 4.39. The lowest BCUT2D eigenvalue weighted by Gasteiger charge is -2.00. The number of fused-ring (bicyclic) bond motifs is 1. The van der Waals surface area contributed by atoms with Gasteiger partial charge in [0.2, 0.25) is 0 Å². The Balaban J connectivity index is 2.85. The van der Waals surface area contributed by atoms with Crippen LogP contribution in [0.3, 0.4) is 0 Å². The topological polar surface area (TPSA) is 23.8 Å². The standard InChI is InChI=1S/C11H9NS2/c1-2-7-3-9(13)4-10-8(5-12)6-14-11(7)10/h3-4,6,13H,2H2,1H3. The largest absolute Gasteiger partial charge is 0.192 e. The number of rotatable bonds is 1. The van der Waals surface area contributed by atoms with Crippen LogP contribution in [0.5, 0.6) is 0 Å². The average molecular weight is 219 g/mol. The van der Waals surface area contributed by atoms with E-state index >= 15 is 0 Å². The predicted molar refractivity (Wildman–Crippen MR) is 63.2 cm³/mol. The van der Waals surface area contributed by atoms with Gasteiger partial charge in [-0.3, -0.25) is 0 Å². The quantitative estimate of drug-likeness (QED) is 0.728. The Morgan fingerprint density at radius 2 is 2.29 bits per heavy atom. The third-order valence-corrected chi connectivity index (χ3v) is 3.57. The van der Waals surface area contributed by atoms with Crippen LogP contribution in [0.25, 0.3) is 10.1 Å². The lowest BCUT2D eigenvalue weighted by molar-refractivity contribution is 1.15. The molecule has 1 nitrogen and oxygen atoms in total. The van der Waals surface area contributed by atoms with Gasteiger partial charge in [0.25, 0.3) is 0 Å². The number of nitrogens with zero attached hydrogens (tertiary/aromatic N) is 1. The van der Waals surface area contributed by atoms with E-state index in [0.717, 1.165) is 22.3 Å². The third-order valence-electron chi connectivity index (χ3n) is 2.24. The maximum atomic E-state index is 8.91. The molecular weight excluding hydrogens is 210 g/mol. The Bertz CT molecular complexity index is 520. The SMILES string of the molecule is CCc1cc(S)cc2c(C#N)csc12. The van der Waals surface area contributed by atoms with Crippen LogP contribution in [-0.2, 0) is 6.42 Å². The van der Waals surface area contributed by atoms with Crippen molar-refractivity contribution in [1.82, 2.24) is 0 Å². The van der Waals surface area contributed by atoms with Gasteiger partial charge in [-0.05, 0) is 24.1 Å². The van der Waals surface area contributed by atoms with Crippen molar-refractivity contribution in [3.8, 4) is 6.07 Å². The Morgan fingerprint density at radius 1 is 1.50 bits per heavy atom. The number of hydrogen-bond acceptors (Lipinski definition) is 3. The Kier molecular flexibility index (Phi) is 2.49. The molecule has 1 aromatic heterocycles. The number of benzene rings is 1. The maximum Gasteiger partial charge on any atom is 0.101 e. The summed E-state index contributed by atoms with van der Waals surface area (Å²) in [4.78, 5) is 0.934. The predicted octanol–water partition coefficient (Wildman–Crippen LogP) is 3.62. The Labute approximate surface area is 92.4 Å². The van der Waals surface area contributed by atoms with Gasteiger partial charge in [-0.15, -0.1) is 24.0 Å². The fourth-order valence-corrected chi connectivity index (χ4v) is 2.89. The van der Waals surface area contributed by atoms with E-state index < -0.39 is 0 Å². The molecule has 0 amide bonds. The van der Waals surface area contributed by atoms with E-state index in [2.05, 4.69) is 31.7 Å². The lowest BCUT2D eigenvalue weighted by Crippen LogP contribution is -1.81. The van der Waals surface area contributed by atoms with Gasteiger partial charge in [0.15, 0.2) is 0 Å². The number of nitriles is 1. The van der Waals surface area contributed by atoms with Crippen LogP contribution in [0.4, 0.5) is 0 Å². The van der Waals surface area contributed by atoms with E-state index in [1.165, 1.54) is 10.3 Å². The summed E-state index contributed by atoms with van der Waals surface area (Å²) in [7, 11) is 0. The van der Waals surface area contributed by atoms with Gasteiger partial charge in [0, 0.05) is 20.4 Å². The first-order chi connectivity index (χ1) is 6.76. The lowest BCUT2D eigenvalue weighted by atomic mass is 10.1. The summed E-state index contributed by atoms with van der Waals surface area (Å²) in [6.45, 7) is 2.12. The molecule has 0 spiro atoms. The second kappa shape index (κ2) is 3.64. The number of hydrogen-bond donors (Lipinski definition) is 1. The second-order valence-electron chi connectivity index (χ2n) is 3.10. The molecule has 2 rings (SSSR count). The summed E-state index contributed by atoms with van der Waals surface area (Å²) < 4.78 is 1.22. The highest BCUT2D eigenvalue weighted by Gasteiger charge is 2.07. The molecule has 1 aromatic carbocycles. The molecule has 14 heavy (non-hydrogen) atoms. The molecule has 0 unspecified atom stereocenters. The minimum Gasteiger partial charge on any atom is -0.192 e. The Hall–Kier alpha value is -0.980. The molecule has 0 saturated carbocycles. The molecule has 1 heterocycles. The molecule has 0 radical (unpaired) electrons. The van der Waals surface area contributed by atoms with Crippen molar-refractivity contribution < 1.29 is 0 Å². The zero-order valence-electron chi connectivity index (χ0n) is 7.74. The highest BCUT2D eigenvalue weighted by atomic mass is 32.1. The van der Waals surface area contributed by atoms with E-state index in [1.54, 1.807) is 11.3 Å². The summed E-state index contributed by atoms with van der Waals surface area (Å²) in [5.74, 6) is 0. The number of aryl methyl sites for hydroxylation is 1. The fraction of sp³-hybridized carbons (Fsp3) is 0.182. The first kappa shape index (κ1) is 9.57. The molecule has 0 bridgehead atoms. The molecule has 0 aliphatic rings. The highest BCUT2D eigenvalue weighted by Crippen LogP contribution is 2.31. The van der Waals surface area contributed by atoms with E-state index in [1.807, 2.05) is 11.4 Å². The molecule has 70 valence electrons. The van der Waals surface area contributed by atoms with E-state index in [4.69, 9.17) is 5.26 Å². The minimum absolute atomic E-state index is 0.760. The van der Waals surface area contributed by atoms with Gasteiger partial charge >= 0.3 is 0 Å². The smallest absolute Gasteiger partial charge is 0.101 e. The Morgan fingerprint density at radius 3 is 2.93 bits per heavy atom. The van der Waals surface area contributed by atoms with Crippen LogP contribution in [-0.4, -0.2) is 0 Å². The van der Waals surface area contributed by atoms with Crippen LogP contribution in [0, 0.1) is 11.3 Å². The van der Waals surface area contributed by atoms with Crippen molar-refractivity contribution in [3.63, 3.8) is 0 Å². The fourth-order valence-electron chi connectivity index (χ4n) is 1.54. The van der Waals surface area contributed by atoms with Crippen molar-refractivity contribution in [2.45, 2.75) is 18.2 Å². The molecular formula is C11H9NS2. The number of thiol groups is 1. The maximum absolute atomic E-state index is 8.91. The molecule has 3 heteroatoms. The molecule has 0 fully saturated rings. The van der Waals surface area contributed by atoms with Crippen molar-refractivity contribution in [3.05, 3.63) is 28.6 Å². The summed E-state index contributed by atoms with van der Waals surface area (Å²) >= 11 is 5.98. The van der Waals surface area contributed by atoms with Crippen molar-refractivity contribution >= 4 is 34.1 Å². The third kappa shape index (κ3) is 1.41. The van der Waals surface area contributed by atoms with Gasteiger partial charge in [-0.25, -0.2) is 0 Å². The normalized spacial score (nSPS) is 10.4. The van der Waals surface area contributed by atoms with Crippen LogP contribution in [0.2, 0.25) is 0 Å². The summed E-state index contributed by atoms with van der Waals surface area (Å²) in [5.41, 5.74) is 2.04. The second-order valence-corrected chi connectivity index (χ2v) is 4.49. The van der Waals surface area contributed by atoms with Crippen LogP contribution < -0.4 is 0 Å². The van der Waals surface area contributed by atoms with Crippen LogP contribution >= 0.6 is 24.0 Å². The summed E-state index contributed by atoms with van der Waals surface area (Å²) in [6.07, 6.45) is 0.982. The zero-order chi connectivity index (χ0) is 10.1.